The number of rotatable bonds is 6. The fourth-order valence-corrected chi connectivity index (χ4v) is 2.49. The number of nitrogens with one attached hydrogen (secondary N) is 1. The smallest absolute Gasteiger partial charge is 0.118 e. The van der Waals surface area contributed by atoms with Gasteiger partial charge in [0.25, 0.3) is 0 Å². The highest BCUT2D eigenvalue weighted by Gasteiger charge is 2.14. The monoisotopic (exact) mass is 248 g/mol. The summed E-state index contributed by atoms with van der Waals surface area (Å²) in [6.45, 7) is 4.60. The molecule has 0 radical (unpaired) electrons. The summed E-state index contributed by atoms with van der Waals surface area (Å²) in [4.78, 5) is 2.40. The first-order valence-electron chi connectivity index (χ1n) is 6.80. The Morgan fingerprint density at radius 3 is 2.72 bits per heavy atom. The van der Waals surface area contributed by atoms with Crippen molar-refractivity contribution >= 4 is 0 Å². The minimum atomic E-state index is 0.878. The van der Waals surface area contributed by atoms with E-state index in [0.717, 1.165) is 18.2 Å². The van der Waals surface area contributed by atoms with Crippen molar-refractivity contribution in [3.8, 4) is 5.75 Å². The van der Waals surface area contributed by atoms with Crippen molar-refractivity contribution in [1.29, 1.82) is 0 Å². The minimum Gasteiger partial charge on any atom is -0.497 e. The van der Waals surface area contributed by atoms with Gasteiger partial charge in [-0.2, -0.15) is 0 Å². The lowest BCUT2D eigenvalue weighted by Gasteiger charge is -2.18. The van der Waals surface area contributed by atoms with Crippen molar-refractivity contribution in [2.24, 2.45) is 5.92 Å². The van der Waals surface area contributed by atoms with Crippen LogP contribution in [0.15, 0.2) is 24.3 Å². The lowest BCUT2D eigenvalue weighted by molar-refractivity contribution is 0.298. The van der Waals surface area contributed by atoms with Crippen LogP contribution >= 0.6 is 0 Å². The van der Waals surface area contributed by atoms with Crippen LogP contribution in [0.2, 0.25) is 0 Å². The summed E-state index contributed by atoms with van der Waals surface area (Å²) in [5, 5.41) is 3.43. The van der Waals surface area contributed by atoms with Crippen LogP contribution < -0.4 is 10.1 Å². The quantitative estimate of drug-likeness (QED) is 0.834. The Labute approximate surface area is 110 Å². The Bertz CT molecular complexity index is 344. The molecule has 1 atom stereocenters. The second-order valence-electron chi connectivity index (χ2n) is 5.23. The minimum absolute atomic E-state index is 0.878. The summed E-state index contributed by atoms with van der Waals surface area (Å²) in [6.07, 6.45) is 2.65. The Morgan fingerprint density at radius 1 is 1.33 bits per heavy atom. The highest BCUT2D eigenvalue weighted by Crippen LogP contribution is 2.15. The van der Waals surface area contributed by atoms with E-state index in [4.69, 9.17) is 4.74 Å². The molecule has 0 aromatic heterocycles. The molecule has 3 nitrogen and oxygen atoms in total. The third kappa shape index (κ3) is 4.00. The van der Waals surface area contributed by atoms with Gasteiger partial charge in [0, 0.05) is 6.54 Å². The Kier molecular flexibility index (Phi) is 5.02. The maximum Gasteiger partial charge on any atom is 0.118 e. The summed E-state index contributed by atoms with van der Waals surface area (Å²) in [5.74, 6) is 1.81. The Morgan fingerprint density at radius 2 is 2.11 bits per heavy atom. The van der Waals surface area contributed by atoms with E-state index in [1.807, 2.05) is 12.1 Å². The van der Waals surface area contributed by atoms with Crippen LogP contribution in [-0.4, -0.2) is 38.7 Å². The van der Waals surface area contributed by atoms with Crippen LogP contribution in [0.3, 0.4) is 0 Å². The molecular formula is C15H24N2O. The van der Waals surface area contributed by atoms with Gasteiger partial charge in [0.15, 0.2) is 0 Å². The number of hydrogen-bond acceptors (Lipinski definition) is 3. The van der Waals surface area contributed by atoms with E-state index in [9.17, 15) is 0 Å². The molecule has 1 unspecified atom stereocenters. The van der Waals surface area contributed by atoms with Crippen LogP contribution in [0.1, 0.15) is 18.4 Å². The number of hydrogen-bond donors (Lipinski definition) is 1. The molecule has 18 heavy (non-hydrogen) atoms. The molecule has 0 saturated carbocycles. The second kappa shape index (κ2) is 6.76. The topological polar surface area (TPSA) is 24.5 Å². The number of benzene rings is 1. The maximum atomic E-state index is 5.17. The van der Waals surface area contributed by atoms with E-state index in [1.54, 1.807) is 7.11 Å². The first kappa shape index (κ1) is 13.4. The lowest BCUT2D eigenvalue weighted by Crippen LogP contribution is -2.22. The molecule has 0 bridgehead atoms. The average molecular weight is 248 g/mol. The summed E-state index contributed by atoms with van der Waals surface area (Å²) < 4.78 is 5.17. The van der Waals surface area contributed by atoms with Crippen LogP contribution in [0.25, 0.3) is 0 Å². The first-order valence-corrected chi connectivity index (χ1v) is 6.80. The van der Waals surface area contributed by atoms with E-state index in [0.29, 0.717) is 0 Å². The van der Waals surface area contributed by atoms with Crippen LogP contribution in [0, 0.1) is 5.92 Å². The third-order valence-electron chi connectivity index (χ3n) is 3.69. The van der Waals surface area contributed by atoms with Crippen molar-refractivity contribution in [1.82, 2.24) is 10.2 Å². The molecule has 1 aromatic rings. The zero-order valence-corrected chi connectivity index (χ0v) is 11.5. The largest absolute Gasteiger partial charge is 0.497 e. The molecule has 100 valence electrons. The van der Waals surface area contributed by atoms with Crippen LogP contribution in [0.4, 0.5) is 0 Å². The van der Waals surface area contributed by atoms with Gasteiger partial charge in [-0.25, -0.2) is 0 Å². The predicted molar refractivity (Wildman–Crippen MR) is 74.9 cm³/mol. The molecule has 1 fully saturated rings. The molecule has 1 aliphatic heterocycles. The van der Waals surface area contributed by atoms with Crippen molar-refractivity contribution < 1.29 is 4.74 Å². The van der Waals surface area contributed by atoms with Gasteiger partial charge in [-0.3, -0.25) is 0 Å². The van der Waals surface area contributed by atoms with Gasteiger partial charge < -0.3 is 15.0 Å². The molecule has 1 N–H and O–H groups in total. The summed E-state index contributed by atoms with van der Waals surface area (Å²) in [7, 11) is 3.91. The molecule has 2 rings (SSSR count). The fraction of sp³-hybridized carbons (Fsp3) is 0.600. The normalized spacial score (nSPS) is 19.4. The standard InChI is InChI=1S/C15H24N2O/c1-17(10-8-13-7-9-16-11-13)12-14-3-5-15(18-2)6-4-14/h3-6,13,16H,7-12H2,1-2H3. The van der Waals surface area contributed by atoms with Gasteiger partial charge >= 0.3 is 0 Å². The zero-order valence-electron chi connectivity index (χ0n) is 11.5. The number of nitrogens with zero attached hydrogens (tertiary/aromatic N) is 1. The van der Waals surface area contributed by atoms with E-state index in [1.165, 1.54) is 38.0 Å². The van der Waals surface area contributed by atoms with Gasteiger partial charge in [-0.1, -0.05) is 12.1 Å². The summed E-state index contributed by atoms with van der Waals surface area (Å²) in [5.41, 5.74) is 1.35. The summed E-state index contributed by atoms with van der Waals surface area (Å²) in [6, 6.07) is 8.35. The maximum absolute atomic E-state index is 5.17. The van der Waals surface area contributed by atoms with Crippen LogP contribution in [-0.2, 0) is 6.54 Å². The van der Waals surface area contributed by atoms with E-state index in [-0.39, 0.29) is 0 Å². The van der Waals surface area contributed by atoms with Crippen molar-refractivity contribution in [2.45, 2.75) is 19.4 Å². The average Bonchev–Trinajstić information content (AvgIpc) is 2.90. The molecule has 1 heterocycles. The molecule has 0 aliphatic carbocycles. The lowest BCUT2D eigenvalue weighted by atomic mass is 10.0. The Hall–Kier alpha value is -1.06. The van der Waals surface area contributed by atoms with Gasteiger partial charge in [0.05, 0.1) is 7.11 Å². The van der Waals surface area contributed by atoms with Gasteiger partial charge in [-0.15, -0.1) is 0 Å². The molecule has 1 aromatic carbocycles. The third-order valence-corrected chi connectivity index (χ3v) is 3.69. The van der Waals surface area contributed by atoms with E-state index >= 15 is 0 Å². The van der Waals surface area contributed by atoms with Crippen molar-refractivity contribution in [3.63, 3.8) is 0 Å². The van der Waals surface area contributed by atoms with Crippen molar-refractivity contribution in [2.75, 3.05) is 33.8 Å². The molecule has 1 aliphatic rings. The predicted octanol–water partition coefficient (Wildman–Crippen LogP) is 2.13. The highest BCUT2D eigenvalue weighted by molar-refractivity contribution is 5.26. The van der Waals surface area contributed by atoms with Gasteiger partial charge in [-0.05, 0) is 63.1 Å². The molecule has 3 heteroatoms. The van der Waals surface area contributed by atoms with Gasteiger partial charge in [0.1, 0.15) is 5.75 Å². The number of methoxy groups -OCH3 is 1. The Balaban J connectivity index is 1.73. The molecule has 0 spiro atoms. The summed E-state index contributed by atoms with van der Waals surface area (Å²) >= 11 is 0. The fourth-order valence-electron chi connectivity index (χ4n) is 2.49. The van der Waals surface area contributed by atoms with E-state index in [2.05, 4.69) is 29.4 Å². The highest BCUT2D eigenvalue weighted by atomic mass is 16.5. The van der Waals surface area contributed by atoms with Crippen molar-refractivity contribution in [3.05, 3.63) is 29.8 Å². The molecule has 0 amide bonds. The van der Waals surface area contributed by atoms with Gasteiger partial charge in [0.2, 0.25) is 0 Å². The first-order chi connectivity index (χ1) is 8.78. The van der Waals surface area contributed by atoms with Crippen LogP contribution in [0.5, 0.6) is 5.75 Å². The van der Waals surface area contributed by atoms with E-state index < -0.39 is 0 Å². The number of ether oxygens (including phenoxy) is 1. The SMILES string of the molecule is COc1ccc(CN(C)CCC2CCNC2)cc1. The molecule has 1 saturated heterocycles. The molecular weight excluding hydrogens is 224 g/mol. The second-order valence-corrected chi connectivity index (χ2v) is 5.23. The zero-order chi connectivity index (χ0) is 12.8.